The van der Waals surface area contributed by atoms with Gasteiger partial charge in [-0.25, -0.2) is 4.79 Å². The second-order valence-electron chi connectivity index (χ2n) is 4.52. The Morgan fingerprint density at radius 1 is 1.43 bits per heavy atom. The van der Waals surface area contributed by atoms with Crippen molar-refractivity contribution in [3.05, 3.63) is 30.6 Å². The molecule has 0 spiro atoms. The van der Waals surface area contributed by atoms with E-state index in [4.69, 9.17) is 5.11 Å². The van der Waals surface area contributed by atoms with E-state index in [2.05, 4.69) is 14.6 Å². The van der Waals surface area contributed by atoms with Crippen molar-refractivity contribution in [1.82, 2.24) is 9.78 Å². The van der Waals surface area contributed by atoms with E-state index in [-0.39, 0.29) is 11.5 Å². The van der Waals surface area contributed by atoms with Crippen LogP contribution < -0.4 is 9.47 Å². The summed E-state index contributed by atoms with van der Waals surface area (Å²) in [6.07, 6.45) is -0.869. The number of hydrogen-bond donors (Lipinski definition) is 1. The van der Waals surface area contributed by atoms with Gasteiger partial charge in [0.25, 0.3) is 0 Å². The van der Waals surface area contributed by atoms with Gasteiger partial charge in [0.1, 0.15) is 6.04 Å². The van der Waals surface area contributed by atoms with E-state index >= 15 is 0 Å². The minimum Gasteiger partial charge on any atom is -0.480 e. The average Bonchev–Trinajstić information content (AvgIpc) is 2.99. The molecule has 1 aromatic heterocycles. The summed E-state index contributed by atoms with van der Waals surface area (Å²) in [5, 5.41) is 12.9. The van der Waals surface area contributed by atoms with Gasteiger partial charge < -0.3 is 14.6 Å². The fourth-order valence-electron chi connectivity index (χ4n) is 2.00. The lowest BCUT2D eigenvalue weighted by Crippen LogP contribution is -2.26. The largest absolute Gasteiger partial charge is 0.586 e. The molecule has 8 heteroatoms. The average molecular weight is 296 g/mol. The van der Waals surface area contributed by atoms with Crippen LogP contribution in [-0.4, -0.2) is 27.2 Å². The second kappa shape index (κ2) is 4.44. The first-order valence-corrected chi connectivity index (χ1v) is 6.03. The van der Waals surface area contributed by atoms with Crippen LogP contribution in [0.25, 0.3) is 11.1 Å². The normalized spacial score (nSPS) is 16.7. The van der Waals surface area contributed by atoms with Gasteiger partial charge in [-0.15, -0.1) is 8.78 Å². The van der Waals surface area contributed by atoms with Crippen LogP contribution in [0.3, 0.4) is 0 Å². The Hall–Kier alpha value is -2.64. The van der Waals surface area contributed by atoms with Crippen molar-refractivity contribution in [1.29, 1.82) is 0 Å². The van der Waals surface area contributed by atoms with Crippen LogP contribution in [0.5, 0.6) is 11.5 Å². The summed E-state index contributed by atoms with van der Waals surface area (Å²) in [6.45, 7) is 1.46. The summed E-state index contributed by atoms with van der Waals surface area (Å²) in [5.41, 5.74) is 0.815. The fourth-order valence-corrected chi connectivity index (χ4v) is 2.00. The topological polar surface area (TPSA) is 73.6 Å². The number of carboxylic acid groups (broad SMARTS) is 1. The molecule has 0 unspecified atom stereocenters. The van der Waals surface area contributed by atoms with Crippen LogP contribution in [-0.2, 0) is 4.79 Å². The molecule has 0 bridgehead atoms. The van der Waals surface area contributed by atoms with Gasteiger partial charge in [-0.1, -0.05) is 12.1 Å². The summed E-state index contributed by atoms with van der Waals surface area (Å²) in [5.74, 6) is -1.21. The number of rotatable bonds is 3. The van der Waals surface area contributed by atoms with E-state index < -0.39 is 18.3 Å². The second-order valence-corrected chi connectivity index (χ2v) is 4.52. The Morgan fingerprint density at radius 3 is 2.90 bits per heavy atom. The number of fused-ring (bicyclic) bond motifs is 1. The van der Waals surface area contributed by atoms with Crippen molar-refractivity contribution < 1.29 is 28.2 Å². The highest BCUT2D eigenvalue weighted by molar-refractivity contribution is 5.75. The van der Waals surface area contributed by atoms with E-state index in [1.54, 1.807) is 6.07 Å². The van der Waals surface area contributed by atoms with Crippen LogP contribution in [0, 0.1) is 0 Å². The molecule has 0 radical (unpaired) electrons. The highest BCUT2D eigenvalue weighted by atomic mass is 19.3. The Labute approximate surface area is 117 Å². The van der Waals surface area contributed by atoms with Gasteiger partial charge in [-0.05, 0) is 13.0 Å². The molecular formula is C13H10F2N2O4. The molecule has 2 heterocycles. The third kappa shape index (κ3) is 2.28. The SMILES string of the molecule is C[C@@H](C(=O)O)n1cc(-c2cccc3c2OC(F)(F)O3)cn1. The summed E-state index contributed by atoms with van der Waals surface area (Å²) in [4.78, 5) is 10.9. The first-order chi connectivity index (χ1) is 9.87. The number of aliphatic carboxylic acids is 1. The van der Waals surface area contributed by atoms with Gasteiger partial charge >= 0.3 is 12.3 Å². The van der Waals surface area contributed by atoms with E-state index in [1.807, 2.05) is 0 Å². The van der Waals surface area contributed by atoms with Crippen LogP contribution in [0.15, 0.2) is 30.6 Å². The molecule has 3 rings (SSSR count). The zero-order valence-electron chi connectivity index (χ0n) is 10.8. The van der Waals surface area contributed by atoms with Crippen LogP contribution in [0.2, 0.25) is 0 Å². The Balaban J connectivity index is 2.00. The first-order valence-electron chi connectivity index (χ1n) is 6.03. The van der Waals surface area contributed by atoms with E-state index in [0.29, 0.717) is 11.1 Å². The number of halogens is 2. The molecule has 0 amide bonds. The van der Waals surface area contributed by atoms with E-state index in [9.17, 15) is 13.6 Å². The van der Waals surface area contributed by atoms with E-state index in [0.717, 1.165) is 0 Å². The molecule has 1 atom stereocenters. The smallest absolute Gasteiger partial charge is 0.480 e. The summed E-state index contributed by atoms with van der Waals surface area (Å²) in [7, 11) is 0. The molecule has 1 aliphatic rings. The molecule has 0 saturated heterocycles. The van der Waals surface area contributed by atoms with Crippen LogP contribution in [0.4, 0.5) is 8.78 Å². The highest BCUT2D eigenvalue weighted by Gasteiger charge is 2.44. The van der Waals surface area contributed by atoms with Crippen molar-refractivity contribution in [2.24, 2.45) is 0 Å². The Kier molecular flexibility index (Phi) is 2.82. The third-order valence-electron chi connectivity index (χ3n) is 3.10. The monoisotopic (exact) mass is 296 g/mol. The van der Waals surface area contributed by atoms with Gasteiger partial charge in [-0.3, -0.25) is 4.68 Å². The maximum Gasteiger partial charge on any atom is 0.586 e. The quantitative estimate of drug-likeness (QED) is 0.942. The zero-order valence-corrected chi connectivity index (χ0v) is 10.8. The summed E-state index contributed by atoms with van der Waals surface area (Å²) >= 11 is 0. The van der Waals surface area contributed by atoms with Gasteiger partial charge in [-0.2, -0.15) is 5.10 Å². The lowest BCUT2D eigenvalue weighted by Gasteiger charge is -2.06. The Morgan fingerprint density at radius 2 is 2.19 bits per heavy atom. The van der Waals surface area contributed by atoms with Crippen LogP contribution in [0.1, 0.15) is 13.0 Å². The number of carboxylic acids is 1. The first kappa shape index (κ1) is 13.3. The molecule has 2 aromatic rings. The molecule has 0 fully saturated rings. The number of benzene rings is 1. The number of hydrogen-bond acceptors (Lipinski definition) is 4. The molecule has 6 nitrogen and oxygen atoms in total. The number of ether oxygens (including phenoxy) is 2. The molecule has 1 aromatic carbocycles. The van der Waals surface area contributed by atoms with Gasteiger partial charge in [0.05, 0.1) is 6.20 Å². The van der Waals surface area contributed by atoms with Crippen molar-refractivity contribution in [2.75, 3.05) is 0 Å². The maximum atomic E-state index is 13.1. The fraction of sp³-hybridized carbons (Fsp3) is 0.231. The van der Waals surface area contributed by atoms with Crippen molar-refractivity contribution in [2.45, 2.75) is 19.3 Å². The standard InChI is InChI=1S/C13H10F2N2O4/c1-7(12(18)19)17-6-8(5-16-17)9-3-2-4-10-11(9)21-13(14,15)20-10/h2-7H,1H3,(H,18,19)/t7-/m0/s1. The lowest BCUT2D eigenvalue weighted by atomic mass is 10.1. The molecule has 21 heavy (non-hydrogen) atoms. The zero-order chi connectivity index (χ0) is 15.2. The molecule has 0 saturated carbocycles. The minimum atomic E-state index is -3.71. The maximum absolute atomic E-state index is 13.1. The van der Waals surface area contributed by atoms with Gasteiger partial charge in [0.2, 0.25) is 0 Å². The molecular weight excluding hydrogens is 286 g/mol. The highest BCUT2D eigenvalue weighted by Crippen LogP contribution is 2.46. The molecule has 0 aliphatic carbocycles. The minimum absolute atomic E-state index is 0.0727. The number of alkyl halides is 2. The summed E-state index contributed by atoms with van der Waals surface area (Å²) in [6, 6.07) is 3.60. The predicted octanol–water partition coefficient (Wildman–Crippen LogP) is 2.52. The number of carbonyl (C=O) groups is 1. The summed E-state index contributed by atoms with van der Waals surface area (Å²) < 4.78 is 36.3. The molecule has 1 N–H and O–H groups in total. The van der Waals surface area contributed by atoms with Gasteiger partial charge in [0, 0.05) is 17.3 Å². The number of nitrogens with zero attached hydrogens (tertiary/aromatic N) is 2. The Bertz CT molecular complexity index is 714. The predicted molar refractivity (Wildman–Crippen MR) is 66.2 cm³/mol. The van der Waals surface area contributed by atoms with Gasteiger partial charge in [0.15, 0.2) is 11.5 Å². The van der Waals surface area contributed by atoms with Crippen LogP contribution >= 0.6 is 0 Å². The number of aromatic nitrogens is 2. The van der Waals surface area contributed by atoms with Crippen molar-refractivity contribution >= 4 is 5.97 Å². The number of para-hydroxylation sites is 1. The lowest BCUT2D eigenvalue weighted by molar-refractivity contribution is -0.286. The third-order valence-corrected chi connectivity index (χ3v) is 3.10. The van der Waals surface area contributed by atoms with Crippen molar-refractivity contribution in [3.8, 4) is 22.6 Å². The molecule has 1 aliphatic heterocycles. The van der Waals surface area contributed by atoms with Crippen molar-refractivity contribution in [3.63, 3.8) is 0 Å². The molecule has 110 valence electrons. The van der Waals surface area contributed by atoms with E-state index in [1.165, 1.54) is 36.1 Å².